The van der Waals surface area contributed by atoms with Gasteiger partial charge in [0, 0.05) is 23.9 Å². The predicted molar refractivity (Wildman–Crippen MR) is 83.7 cm³/mol. The SMILES string of the molecule is CC(C)CNC(=O)CCc1csc(-c2ccccc2F)n1. The zero-order valence-electron chi connectivity index (χ0n) is 12.2. The molecule has 0 unspecified atom stereocenters. The van der Waals surface area contributed by atoms with Gasteiger partial charge in [-0.05, 0) is 24.5 Å². The number of halogens is 1. The molecular weight excluding hydrogens is 287 g/mol. The Morgan fingerprint density at radius 3 is 2.86 bits per heavy atom. The first kappa shape index (κ1) is 15.6. The summed E-state index contributed by atoms with van der Waals surface area (Å²) in [6, 6.07) is 6.59. The molecule has 1 aromatic carbocycles. The molecule has 0 aliphatic heterocycles. The van der Waals surface area contributed by atoms with Gasteiger partial charge in [-0.15, -0.1) is 11.3 Å². The van der Waals surface area contributed by atoms with E-state index in [1.807, 2.05) is 5.38 Å². The van der Waals surface area contributed by atoms with Crippen LogP contribution in [0.3, 0.4) is 0 Å². The van der Waals surface area contributed by atoms with Crippen LogP contribution in [-0.4, -0.2) is 17.4 Å². The molecule has 2 aromatic rings. The van der Waals surface area contributed by atoms with E-state index in [4.69, 9.17) is 0 Å². The van der Waals surface area contributed by atoms with Gasteiger partial charge in [-0.2, -0.15) is 0 Å². The van der Waals surface area contributed by atoms with Crippen molar-refractivity contribution in [3.8, 4) is 10.6 Å². The van der Waals surface area contributed by atoms with E-state index in [9.17, 15) is 9.18 Å². The van der Waals surface area contributed by atoms with Crippen LogP contribution in [0.25, 0.3) is 10.6 Å². The Morgan fingerprint density at radius 1 is 1.38 bits per heavy atom. The van der Waals surface area contributed by atoms with E-state index in [1.54, 1.807) is 18.2 Å². The van der Waals surface area contributed by atoms with E-state index in [0.29, 0.717) is 35.9 Å². The van der Waals surface area contributed by atoms with Crippen LogP contribution in [0, 0.1) is 11.7 Å². The van der Waals surface area contributed by atoms with Gasteiger partial charge in [0.05, 0.1) is 5.69 Å². The molecule has 0 aliphatic rings. The number of rotatable bonds is 6. The standard InChI is InChI=1S/C16H19FN2OS/c1-11(2)9-18-15(20)8-7-12-10-21-16(19-12)13-5-3-4-6-14(13)17/h3-6,10-11H,7-9H2,1-2H3,(H,18,20). The van der Waals surface area contributed by atoms with Crippen LogP contribution in [-0.2, 0) is 11.2 Å². The number of aryl methyl sites for hydroxylation is 1. The molecule has 1 heterocycles. The lowest BCUT2D eigenvalue weighted by molar-refractivity contribution is -0.121. The molecule has 21 heavy (non-hydrogen) atoms. The molecule has 0 aliphatic carbocycles. The molecular formula is C16H19FN2OS. The first-order valence-electron chi connectivity index (χ1n) is 7.02. The van der Waals surface area contributed by atoms with Gasteiger partial charge in [-0.3, -0.25) is 4.79 Å². The predicted octanol–water partition coefficient (Wildman–Crippen LogP) is 3.65. The van der Waals surface area contributed by atoms with Crippen molar-refractivity contribution in [2.45, 2.75) is 26.7 Å². The van der Waals surface area contributed by atoms with Crippen molar-refractivity contribution in [2.75, 3.05) is 6.54 Å². The zero-order chi connectivity index (χ0) is 15.2. The van der Waals surface area contributed by atoms with Crippen molar-refractivity contribution in [1.82, 2.24) is 10.3 Å². The lowest BCUT2D eigenvalue weighted by atomic mass is 10.2. The molecule has 0 radical (unpaired) electrons. The summed E-state index contributed by atoms with van der Waals surface area (Å²) in [6.45, 7) is 4.80. The molecule has 1 N–H and O–H groups in total. The fourth-order valence-electron chi connectivity index (χ4n) is 1.83. The summed E-state index contributed by atoms with van der Waals surface area (Å²) in [6.07, 6.45) is 0.988. The van der Waals surface area contributed by atoms with Crippen LogP contribution in [0.5, 0.6) is 0 Å². The minimum Gasteiger partial charge on any atom is -0.356 e. The molecule has 0 fully saturated rings. The first-order valence-corrected chi connectivity index (χ1v) is 7.90. The van der Waals surface area contributed by atoms with Gasteiger partial charge in [-0.1, -0.05) is 26.0 Å². The first-order chi connectivity index (χ1) is 10.1. The molecule has 1 amide bonds. The maximum Gasteiger partial charge on any atom is 0.220 e. The number of carbonyl (C=O) groups excluding carboxylic acids is 1. The summed E-state index contributed by atoms with van der Waals surface area (Å²) in [4.78, 5) is 16.1. The number of aromatic nitrogens is 1. The lowest BCUT2D eigenvalue weighted by Crippen LogP contribution is -2.27. The van der Waals surface area contributed by atoms with Gasteiger partial charge >= 0.3 is 0 Å². The van der Waals surface area contributed by atoms with E-state index < -0.39 is 0 Å². The highest BCUT2D eigenvalue weighted by atomic mass is 32.1. The molecule has 0 bridgehead atoms. The van der Waals surface area contributed by atoms with Crippen LogP contribution in [0.1, 0.15) is 26.0 Å². The Bertz CT molecular complexity index is 610. The van der Waals surface area contributed by atoms with Crippen molar-refractivity contribution in [2.24, 2.45) is 5.92 Å². The number of hydrogen-bond donors (Lipinski definition) is 1. The lowest BCUT2D eigenvalue weighted by Gasteiger charge is -2.06. The highest BCUT2D eigenvalue weighted by Crippen LogP contribution is 2.26. The van der Waals surface area contributed by atoms with Crippen molar-refractivity contribution in [3.05, 3.63) is 41.2 Å². The van der Waals surface area contributed by atoms with Gasteiger partial charge in [0.1, 0.15) is 10.8 Å². The number of hydrogen-bond acceptors (Lipinski definition) is 3. The zero-order valence-corrected chi connectivity index (χ0v) is 13.0. The van der Waals surface area contributed by atoms with Gasteiger partial charge < -0.3 is 5.32 Å². The third kappa shape index (κ3) is 4.63. The molecule has 0 spiro atoms. The van der Waals surface area contributed by atoms with Gasteiger partial charge in [0.2, 0.25) is 5.91 Å². The van der Waals surface area contributed by atoms with Crippen molar-refractivity contribution in [1.29, 1.82) is 0 Å². The minimum atomic E-state index is -0.270. The third-order valence-corrected chi connectivity index (χ3v) is 3.90. The molecule has 0 saturated carbocycles. The van der Waals surface area contributed by atoms with Crippen molar-refractivity contribution in [3.63, 3.8) is 0 Å². The van der Waals surface area contributed by atoms with Crippen LogP contribution in [0.15, 0.2) is 29.6 Å². The molecule has 0 saturated heterocycles. The van der Waals surface area contributed by atoms with Crippen LogP contribution in [0.2, 0.25) is 0 Å². The normalized spacial score (nSPS) is 10.9. The average molecular weight is 306 g/mol. The van der Waals surface area contributed by atoms with E-state index in [0.717, 1.165) is 5.69 Å². The number of carbonyl (C=O) groups is 1. The third-order valence-electron chi connectivity index (χ3n) is 2.97. The van der Waals surface area contributed by atoms with E-state index >= 15 is 0 Å². The Balaban J connectivity index is 1.92. The maximum atomic E-state index is 13.7. The van der Waals surface area contributed by atoms with E-state index in [2.05, 4.69) is 24.1 Å². The highest BCUT2D eigenvalue weighted by molar-refractivity contribution is 7.13. The van der Waals surface area contributed by atoms with E-state index in [1.165, 1.54) is 17.4 Å². The summed E-state index contributed by atoms with van der Waals surface area (Å²) < 4.78 is 13.7. The van der Waals surface area contributed by atoms with Gasteiger partial charge in [0.25, 0.3) is 0 Å². The summed E-state index contributed by atoms with van der Waals surface area (Å²) in [7, 11) is 0. The van der Waals surface area contributed by atoms with Crippen LogP contribution in [0.4, 0.5) is 4.39 Å². The Morgan fingerprint density at radius 2 is 2.14 bits per heavy atom. The number of thiazole rings is 1. The molecule has 2 rings (SSSR count). The van der Waals surface area contributed by atoms with Crippen LogP contribution >= 0.6 is 11.3 Å². The van der Waals surface area contributed by atoms with Gasteiger partial charge in [0.15, 0.2) is 0 Å². The summed E-state index contributed by atoms with van der Waals surface area (Å²) >= 11 is 1.40. The molecule has 3 nitrogen and oxygen atoms in total. The summed E-state index contributed by atoms with van der Waals surface area (Å²) in [5.74, 6) is 0.207. The second kappa shape index (κ2) is 7.31. The quantitative estimate of drug-likeness (QED) is 0.885. The number of amides is 1. The Hall–Kier alpha value is -1.75. The number of nitrogens with zero attached hydrogens (tertiary/aromatic N) is 1. The topological polar surface area (TPSA) is 42.0 Å². The maximum absolute atomic E-state index is 13.7. The van der Waals surface area contributed by atoms with E-state index in [-0.39, 0.29) is 11.7 Å². The van der Waals surface area contributed by atoms with Crippen molar-refractivity contribution >= 4 is 17.2 Å². The molecule has 112 valence electrons. The number of benzene rings is 1. The molecule has 1 aromatic heterocycles. The Labute approximate surface area is 128 Å². The summed E-state index contributed by atoms with van der Waals surface area (Å²) in [5, 5.41) is 5.42. The largest absolute Gasteiger partial charge is 0.356 e. The second-order valence-corrected chi connectivity index (χ2v) is 6.18. The Kier molecular flexibility index (Phi) is 5.44. The summed E-state index contributed by atoms with van der Waals surface area (Å²) in [5.41, 5.74) is 1.34. The second-order valence-electron chi connectivity index (χ2n) is 5.32. The smallest absolute Gasteiger partial charge is 0.220 e. The molecule has 5 heteroatoms. The fraction of sp³-hybridized carbons (Fsp3) is 0.375. The minimum absolute atomic E-state index is 0.0316. The fourth-order valence-corrected chi connectivity index (χ4v) is 2.71. The van der Waals surface area contributed by atoms with Gasteiger partial charge in [-0.25, -0.2) is 9.37 Å². The highest BCUT2D eigenvalue weighted by Gasteiger charge is 2.10. The van der Waals surface area contributed by atoms with Crippen molar-refractivity contribution < 1.29 is 9.18 Å². The average Bonchev–Trinajstić information content (AvgIpc) is 2.92. The monoisotopic (exact) mass is 306 g/mol. The van der Waals surface area contributed by atoms with Crippen LogP contribution < -0.4 is 5.32 Å². The number of nitrogens with one attached hydrogen (secondary N) is 1. The molecule has 0 atom stereocenters.